The molecule has 1 aromatic heterocycles. The minimum absolute atomic E-state index is 0.0980. The summed E-state index contributed by atoms with van der Waals surface area (Å²) >= 11 is 1.57. The van der Waals surface area contributed by atoms with Gasteiger partial charge < -0.3 is 9.84 Å². The zero-order valence-electron chi connectivity index (χ0n) is 17.4. The van der Waals surface area contributed by atoms with Crippen molar-refractivity contribution in [2.24, 2.45) is 5.92 Å². The van der Waals surface area contributed by atoms with Crippen LogP contribution in [0.2, 0.25) is 0 Å². The molecule has 0 saturated carbocycles. The zero-order valence-corrected chi connectivity index (χ0v) is 18.2. The molecule has 1 aliphatic rings. The number of aryl methyl sites for hydroxylation is 2. The van der Waals surface area contributed by atoms with Gasteiger partial charge in [-0.25, -0.2) is 4.79 Å². The van der Waals surface area contributed by atoms with E-state index in [9.17, 15) is 14.7 Å². The maximum Gasteiger partial charge on any atom is 0.339 e. The fourth-order valence-corrected chi connectivity index (χ4v) is 4.97. The minimum Gasteiger partial charge on any atom is -0.504 e. The maximum atomic E-state index is 13.0. The first kappa shape index (κ1) is 21.3. The molecule has 0 amide bonds. The van der Waals surface area contributed by atoms with Gasteiger partial charge in [-0.05, 0) is 50.8 Å². The lowest BCUT2D eigenvalue weighted by Crippen LogP contribution is -2.42. The molecular weight excluding hydrogens is 384 g/mol. The van der Waals surface area contributed by atoms with Gasteiger partial charge in [0, 0.05) is 21.6 Å². The molecule has 0 saturated heterocycles. The van der Waals surface area contributed by atoms with E-state index in [0.29, 0.717) is 19.3 Å². The molecule has 0 radical (unpaired) electrons. The van der Waals surface area contributed by atoms with E-state index in [1.165, 1.54) is 5.56 Å². The summed E-state index contributed by atoms with van der Waals surface area (Å²) in [6.45, 7) is 7.93. The van der Waals surface area contributed by atoms with Crippen LogP contribution >= 0.6 is 11.3 Å². The second-order valence-electron chi connectivity index (χ2n) is 7.72. The summed E-state index contributed by atoms with van der Waals surface area (Å²) < 4.78 is 5.64. The number of cyclic esters (lactones) is 1. The van der Waals surface area contributed by atoms with E-state index in [4.69, 9.17) is 4.74 Å². The third-order valence-electron chi connectivity index (χ3n) is 5.63. The Morgan fingerprint density at radius 3 is 2.28 bits per heavy atom. The monoisotopic (exact) mass is 412 g/mol. The van der Waals surface area contributed by atoms with Gasteiger partial charge >= 0.3 is 5.97 Å². The average Bonchev–Trinajstić information content (AvgIpc) is 3.13. The van der Waals surface area contributed by atoms with Gasteiger partial charge in [0.2, 0.25) is 5.78 Å². The Bertz CT molecular complexity index is 923. The molecule has 0 spiro atoms. The molecule has 0 aliphatic carbocycles. The number of hydrogen-bond donors (Lipinski definition) is 1. The third-order valence-corrected chi connectivity index (χ3v) is 6.75. The minimum atomic E-state index is -0.944. The Morgan fingerprint density at radius 2 is 1.72 bits per heavy atom. The number of rotatable bonds is 7. The van der Waals surface area contributed by atoms with Gasteiger partial charge in [0.1, 0.15) is 0 Å². The van der Waals surface area contributed by atoms with E-state index < -0.39 is 23.6 Å². The number of carbonyl (C=O) groups excluding carboxylic acids is 2. The van der Waals surface area contributed by atoms with Crippen LogP contribution in [0.3, 0.4) is 0 Å². The molecular formula is C24H28O4S. The van der Waals surface area contributed by atoms with Crippen molar-refractivity contribution in [1.29, 1.82) is 0 Å². The number of Topliss-reactive ketones (excluding diaryl/α,β-unsaturated/α-hetero) is 1. The van der Waals surface area contributed by atoms with Gasteiger partial charge in [-0.1, -0.05) is 43.7 Å². The van der Waals surface area contributed by atoms with Crippen molar-refractivity contribution >= 4 is 23.1 Å². The number of benzene rings is 1. The number of aliphatic hydroxyl groups is 1. The summed E-state index contributed by atoms with van der Waals surface area (Å²) in [4.78, 5) is 28.0. The smallest absolute Gasteiger partial charge is 0.339 e. The Hall–Kier alpha value is -2.40. The van der Waals surface area contributed by atoms with Crippen LogP contribution in [-0.4, -0.2) is 23.0 Å². The van der Waals surface area contributed by atoms with E-state index >= 15 is 0 Å². The van der Waals surface area contributed by atoms with E-state index in [1.807, 2.05) is 64.1 Å². The number of ether oxygens (including phenoxy) is 1. The largest absolute Gasteiger partial charge is 0.504 e. The number of hydrogen-bond acceptors (Lipinski definition) is 5. The first-order valence-corrected chi connectivity index (χ1v) is 11.0. The van der Waals surface area contributed by atoms with E-state index in [2.05, 4.69) is 0 Å². The van der Waals surface area contributed by atoms with Crippen LogP contribution in [-0.2, 0) is 20.7 Å². The predicted octanol–water partition coefficient (Wildman–Crippen LogP) is 5.43. The van der Waals surface area contributed by atoms with Crippen molar-refractivity contribution in [2.45, 2.75) is 59.0 Å². The summed E-state index contributed by atoms with van der Waals surface area (Å²) in [5, 5.41) is 10.7. The van der Waals surface area contributed by atoms with Gasteiger partial charge in [-0.15, -0.1) is 11.3 Å². The van der Waals surface area contributed by atoms with Crippen molar-refractivity contribution in [3.63, 3.8) is 0 Å². The van der Waals surface area contributed by atoms with Gasteiger partial charge in [-0.3, -0.25) is 4.79 Å². The summed E-state index contributed by atoms with van der Waals surface area (Å²) in [6, 6.07) is 12.0. The number of ketones is 1. The third kappa shape index (κ3) is 4.45. The van der Waals surface area contributed by atoms with Crippen molar-refractivity contribution in [1.82, 2.24) is 0 Å². The fraction of sp³-hybridized carbons (Fsp3) is 0.417. The Morgan fingerprint density at radius 1 is 1.03 bits per heavy atom. The zero-order chi connectivity index (χ0) is 21.1. The van der Waals surface area contributed by atoms with Crippen LogP contribution in [0.25, 0.3) is 0 Å². The van der Waals surface area contributed by atoms with Crippen LogP contribution in [0.15, 0.2) is 47.7 Å². The van der Waals surface area contributed by atoms with E-state index in [1.54, 1.807) is 11.3 Å². The molecule has 4 nitrogen and oxygen atoms in total. The summed E-state index contributed by atoms with van der Waals surface area (Å²) in [5.74, 6) is -1.99. The molecule has 2 aromatic rings. The second kappa shape index (κ2) is 8.95. The van der Waals surface area contributed by atoms with Crippen LogP contribution in [0.5, 0.6) is 0 Å². The van der Waals surface area contributed by atoms with Gasteiger partial charge in [0.25, 0.3) is 0 Å². The first-order chi connectivity index (χ1) is 13.8. The Balaban J connectivity index is 1.88. The number of thiophene rings is 1. The maximum absolute atomic E-state index is 13.0. The highest BCUT2D eigenvalue weighted by Crippen LogP contribution is 2.38. The average molecular weight is 413 g/mol. The molecule has 0 bridgehead atoms. The molecule has 29 heavy (non-hydrogen) atoms. The standard InChI is InChI=1S/C24H28O4S/c1-5-17(13-16-10-7-14(3)8-11-16)23-22(26)21(25)20(24(27)28-23)18(6-2)19-12-9-15(4)29-19/h7-12,17-18,23,25H,5-6,13H2,1-4H3. The van der Waals surface area contributed by atoms with Gasteiger partial charge in [0.05, 0.1) is 5.57 Å². The van der Waals surface area contributed by atoms with Gasteiger partial charge in [-0.2, -0.15) is 0 Å². The first-order valence-electron chi connectivity index (χ1n) is 10.2. The highest BCUT2D eigenvalue weighted by Gasteiger charge is 2.43. The lowest BCUT2D eigenvalue weighted by Gasteiger charge is -2.31. The predicted molar refractivity (Wildman–Crippen MR) is 115 cm³/mol. The van der Waals surface area contributed by atoms with Crippen molar-refractivity contribution in [3.05, 3.63) is 68.6 Å². The van der Waals surface area contributed by atoms with E-state index in [-0.39, 0.29) is 17.4 Å². The number of carbonyl (C=O) groups is 2. The van der Waals surface area contributed by atoms with Crippen molar-refractivity contribution in [2.75, 3.05) is 0 Å². The van der Waals surface area contributed by atoms with E-state index in [0.717, 1.165) is 15.3 Å². The molecule has 5 heteroatoms. The van der Waals surface area contributed by atoms with Crippen LogP contribution in [0, 0.1) is 19.8 Å². The molecule has 3 rings (SSSR count). The molecule has 1 N–H and O–H groups in total. The molecule has 1 aromatic carbocycles. The molecule has 3 unspecified atom stereocenters. The Kier molecular flexibility index (Phi) is 6.58. The van der Waals surface area contributed by atoms with Crippen LogP contribution in [0.1, 0.15) is 53.5 Å². The normalized spacial score (nSPS) is 19.2. The highest BCUT2D eigenvalue weighted by molar-refractivity contribution is 7.12. The molecule has 3 atom stereocenters. The molecule has 154 valence electrons. The number of aliphatic hydroxyl groups excluding tert-OH is 1. The molecule has 1 aliphatic heterocycles. The fourth-order valence-electron chi connectivity index (χ4n) is 3.89. The summed E-state index contributed by atoms with van der Waals surface area (Å²) in [6.07, 6.45) is 0.943. The lowest BCUT2D eigenvalue weighted by atomic mass is 9.84. The molecule has 2 heterocycles. The van der Waals surface area contributed by atoms with Crippen LogP contribution < -0.4 is 0 Å². The quantitative estimate of drug-likeness (QED) is 0.616. The molecule has 0 fully saturated rings. The van der Waals surface area contributed by atoms with Crippen molar-refractivity contribution in [3.8, 4) is 0 Å². The van der Waals surface area contributed by atoms with Crippen molar-refractivity contribution < 1.29 is 19.4 Å². The van der Waals surface area contributed by atoms with Gasteiger partial charge in [0.15, 0.2) is 11.9 Å². The second-order valence-corrected chi connectivity index (χ2v) is 9.04. The lowest BCUT2D eigenvalue weighted by molar-refractivity contribution is -0.158. The summed E-state index contributed by atoms with van der Waals surface area (Å²) in [5.41, 5.74) is 2.35. The topological polar surface area (TPSA) is 63.6 Å². The van der Waals surface area contributed by atoms with Crippen LogP contribution in [0.4, 0.5) is 0 Å². The number of esters is 1. The highest BCUT2D eigenvalue weighted by atomic mass is 32.1. The Labute approximate surface area is 176 Å². The SMILES string of the molecule is CCC(C1=C(O)C(=O)C(C(CC)Cc2ccc(C)cc2)OC1=O)c1ccc(C)s1. The summed E-state index contributed by atoms with van der Waals surface area (Å²) in [7, 11) is 0.